The normalized spacial score (nSPS) is 25.9. The molecule has 0 spiro atoms. The molecule has 0 amide bonds. The van der Waals surface area contributed by atoms with E-state index in [4.69, 9.17) is 4.74 Å². The van der Waals surface area contributed by atoms with Gasteiger partial charge in [-0.1, -0.05) is 0 Å². The summed E-state index contributed by atoms with van der Waals surface area (Å²) in [5.41, 5.74) is 0. The molecule has 1 N–H and O–H groups in total. The maximum atomic E-state index is 11.7. The number of nitrogens with zero attached hydrogens (tertiary/aromatic N) is 2. The van der Waals surface area contributed by atoms with Crippen molar-refractivity contribution in [3.05, 3.63) is 0 Å². The summed E-state index contributed by atoms with van der Waals surface area (Å²) in [6, 6.07) is 1.34. The zero-order valence-electron chi connectivity index (χ0n) is 18.7. The lowest BCUT2D eigenvalue weighted by Crippen LogP contribution is -2.44. The number of hydrogen-bond acceptors (Lipinski definition) is 5. The highest BCUT2D eigenvalue weighted by atomic mass is 32.2. The Bertz CT molecular complexity index is 537. The molecule has 0 bridgehead atoms. The number of nitrogens with one attached hydrogen (secondary N) is 1. The molecular formula is C21H43N3O3S. The molecule has 0 aromatic heterocycles. The average molecular weight is 418 g/mol. The molecule has 0 aromatic rings. The van der Waals surface area contributed by atoms with Gasteiger partial charge in [-0.3, -0.25) is 0 Å². The molecule has 166 valence electrons. The molecular weight excluding hydrogens is 374 g/mol. The SMILES string of the molecule is CC(C)N1CCC(CN(C)C2CCC(OCCNS(=O)(=O)C(C)C)CC2)CC1. The van der Waals surface area contributed by atoms with Gasteiger partial charge in [-0.15, -0.1) is 0 Å². The molecule has 0 radical (unpaired) electrons. The molecule has 0 aromatic carbocycles. The second kappa shape index (κ2) is 11.3. The Kier molecular flexibility index (Phi) is 9.67. The Labute approximate surface area is 173 Å². The first-order chi connectivity index (χ1) is 13.2. The standard InChI is InChI=1S/C21H43N3O3S/c1-17(2)24-13-10-19(11-14-24)16-23(5)20-6-8-21(9-7-20)27-15-12-22-28(25,26)18(3)4/h17-22H,6-16H2,1-5H3. The average Bonchev–Trinajstić information content (AvgIpc) is 2.66. The van der Waals surface area contributed by atoms with Crippen molar-refractivity contribution >= 4 is 10.0 Å². The summed E-state index contributed by atoms with van der Waals surface area (Å²) >= 11 is 0. The van der Waals surface area contributed by atoms with Crippen molar-refractivity contribution in [2.45, 2.75) is 89.7 Å². The summed E-state index contributed by atoms with van der Waals surface area (Å²) in [6.07, 6.45) is 7.46. The number of rotatable bonds is 10. The highest BCUT2D eigenvalue weighted by Gasteiger charge is 2.27. The smallest absolute Gasteiger partial charge is 0.214 e. The van der Waals surface area contributed by atoms with Gasteiger partial charge in [0.05, 0.1) is 18.0 Å². The predicted octanol–water partition coefficient (Wildman–Crippen LogP) is 2.69. The second-order valence-corrected chi connectivity index (χ2v) is 11.6. The molecule has 1 aliphatic heterocycles. The third-order valence-corrected chi connectivity index (χ3v) is 8.42. The van der Waals surface area contributed by atoms with E-state index in [0.29, 0.717) is 25.2 Å². The first-order valence-corrected chi connectivity index (χ1v) is 12.8. The molecule has 28 heavy (non-hydrogen) atoms. The Hall–Kier alpha value is -0.210. The molecule has 2 rings (SSSR count). The van der Waals surface area contributed by atoms with Gasteiger partial charge in [0.15, 0.2) is 0 Å². The van der Waals surface area contributed by atoms with Gasteiger partial charge in [0.1, 0.15) is 0 Å². The Morgan fingerprint density at radius 1 is 1.04 bits per heavy atom. The van der Waals surface area contributed by atoms with Gasteiger partial charge in [0.25, 0.3) is 0 Å². The fraction of sp³-hybridized carbons (Fsp3) is 1.00. The van der Waals surface area contributed by atoms with Crippen LogP contribution in [0.25, 0.3) is 0 Å². The van der Waals surface area contributed by atoms with Crippen LogP contribution in [0.4, 0.5) is 0 Å². The Morgan fingerprint density at radius 3 is 2.18 bits per heavy atom. The van der Waals surface area contributed by atoms with Crippen molar-refractivity contribution in [1.29, 1.82) is 0 Å². The van der Waals surface area contributed by atoms with Gasteiger partial charge in [0, 0.05) is 25.2 Å². The lowest BCUT2D eigenvalue weighted by Gasteiger charge is -2.39. The van der Waals surface area contributed by atoms with Gasteiger partial charge < -0.3 is 14.5 Å². The number of ether oxygens (including phenoxy) is 1. The van der Waals surface area contributed by atoms with Crippen molar-refractivity contribution < 1.29 is 13.2 Å². The van der Waals surface area contributed by atoms with Crippen LogP contribution in [0.1, 0.15) is 66.2 Å². The van der Waals surface area contributed by atoms with Crippen molar-refractivity contribution in [3.63, 3.8) is 0 Å². The Balaban J connectivity index is 1.60. The largest absolute Gasteiger partial charge is 0.377 e. The van der Waals surface area contributed by atoms with Crippen LogP contribution in [0.2, 0.25) is 0 Å². The molecule has 1 heterocycles. The minimum absolute atomic E-state index is 0.280. The highest BCUT2D eigenvalue weighted by Crippen LogP contribution is 2.27. The van der Waals surface area contributed by atoms with E-state index in [0.717, 1.165) is 18.8 Å². The van der Waals surface area contributed by atoms with Crippen LogP contribution in [0, 0.1) is 5.92 Å². The van der Waals surface area contributed by atoms with E-state index in [1.807, 2.05) is 0 Å². The number of piperidine rings is 1. The van der Waals surface area contributed by atoms with Crippen LogP contribution in [0.3, 0.4) is 0 Å². The van der Waals surface area contributed by atoms with Crippen LogP contribution >= 0.6 is 0 Å². The van der Waals surface area contributed by atoms with Crippen LogP contribution in [-0.4, -0.2) is 81.5 Å². The molecule has 6 nitrogen and oxygen atoms in total. The lowest BCUT2D eigenvalue weighted by atomic mass is 9.90. The molecule has 7 heteroatoms. The van der Waals surface area contributed by atoms with Crippen LogP contribution in [-0.2, 0) is 14.8 Å². The van der Waals surface area contributed by atoms with E-state index < -0.39 is 15.3 Å². The fourth-order valence-corrected chi connectivity index (χ4v) is 5.14. The van der Waals surface area contributed by atoms with Crippen molar-refractivity contribution in [2.75, 3.05) is 39.8 Å². The van der Waals surface area contributed by atoms with Gasteiger partial charge in [0.2, 0.25) is 10.0 Å². The summed E-state index contributed by atoms with van der Waals surface area (Å²) in [7, 11) is -0.890. The number of likely N-dealkylation sites (tertiary alicyclic amines) is 1. The van der Waals surface area contributed by atoms with E-state index in [9.17, 15) is 8.42 Å². The third-order valence-electron chi connectivity index (χ3n) is 6.57. The van der Waals surface area contributed by atoms with E-state index in [-0.39, 0.29) is 6.10 Å². The van der Waals surface area contributed by atoms with Crippen LogP contribution in [0.5, 0.6) is 0 Å². The zero-order chi connectivity index (χ0) is 20.7. The minimum Gasteiger partial charge on any atom is -0.377 e. The molecule has 2 aliphatic rings. The van der Waals surface area contributed by atoms with E-state index in [2.05, 4.69) is 35.4 Å². The monoisotopic (exact) mass is 417 g/mol. The topological polar surface area (TPSA) is 61.9 Å². The number of sulfonamides is 1. The number of hydrogen-bond donors (Lipinski definition) is 1. The quantitative estimate of drug-likeness (QED) is 0.554. The molecule has 1 saturated carbocycles. The van der Waals surface area contributed by atoms with Gasteiger partial charge in [-0.2, -0.15) is 0 Å². The van der Waals surface area contributed by atoms with Crippen molar-refractivity contribution in [1.82, 2.24) is 14.5 Å². The summed E-state index contributed by atoms with van der Waals surface area (Å²) < 4.78 is 32.0. The highest BCUT2D eigenvalue weighted by molar-refractivity contribution is 7.90. The lowest BCUT2D eigenvalue weighted by molar-refractivity contribution is 0.00992. The van der Waals surface area contributed by atoms with Gasteiger partial charge in [-0.05, 0) is 92.3 Å². The minimum atomic E-state index is -3.18. The van der Waals surface area contributed by atoms with Crippen LogP contribution in [0.15, 0.2) is 0 Å². The molecule has 1 aliphatic carbocycles. The van der Waals surface area contributed by atoms with Crippen molar-refractivity contribution in [2.24, 2.45) is 5.92 Å². The van der Waals surface area contributed by atoms with Gasteiger partial charge >= 0.3 is 0 Å². The first kappa shape index (κ1) is 24.1. The van der Waals surface area contributed by atoms with E-state index >= 15 is 0 Å². The molecule has 1 saturated heterocycles. The Morgan fingerprint density at radius 2 is 1.64 bits per heavy atom. The predicted molar refractivity (Wildman–Crippen MR) is 116 cm³/mol. The molecule has 0 unspecified atom stereocenters. The maximum absolute atomic E-state index is 11.7. The summed E-state index contributed by atoms with van der Waals surface area (Å²) in [4.78, 5) is 5.18. The second-order valence-electron chi connectivity index (χ2n) is 9.30. The van der Waals surface area contributed by atoms with E-state index in [1.165, 1.54) is 45.3 Å². The first-order valence-electron chi connectivity index (χ1n) is 11.2. The van der Waals surface area contributed by atoms with E-state index in [1.54, 1.807) is 13.8 Å². The molecule has 0 atom stereocenters. The summed E-state index contributed by atoms with van der Waals surface area (Å²) in [6.45, 7) is 12.5. The van der Waals surface area contributed by atoms with Gasteiger partial charge in [-0.25, -0.2) is 13.1 Å². The maximum Gasteiger partial charge on any atom is 0.214 e. The third kappa shape index (κ3) is 7.56. The van der Waals surface area contributed by atoms with Crippen LogP contribution < -0.4 is 4.72 Å². The van der Waals surface area contributed by atoms with Crippen molar-refractivity contribution in [3.8, 4) is 0 Å². The molecule has 2 fully saturated rings. The summed E-state index contributed by atoms with van der Waals surface area (Å²) in [5, 5.41) is -0.393. The summed E-state index contributed by atoms with van der Waals surface area (Å²) in [5.74, 6) is 0.836. The zero-order valence-corrected chi connectivity index (χ0v) is 19.5. The fourth-order valence-electron chi connectivity index (χ4n) is 4.44.